The van der Waals surface area contributed by atoms with Gasteiger partial charge < -0.3 is 9.88 Å². The highest BCUT2D eigenvalue weighted by Gasteiger charge is 2.25. The Bertz CT molecular complexity index is 1140. The molecule has 0 spiro atoms. The van der Waals surface area contributed by atoms with Crippen LogP contribution in [0.1, 0.15) is 27.8 Å². The first kappa shape index (κ1) is 20.9. The summed E-state index contributed by atoms with van der Waals surface area (Å²) >= 11 is 1.41. The number of anilines is 1. The summed E-state index contributed by atoms with van der Waals surface area (Å²) in [5.41, 5.74) is 4.02. The molecule has 5 nitrogen and oxygen atoms in total. The summed E-state index contributed by atoms with van der Waals surface area (Å²) in [5, 5.41) is 12.0. The topological polar surface area (TPSA) is 59.8 Å². The van der Waals surface area contributed by atoms with Crippen LogP contribution in [0.25, 0.3) is 0 Å². The van der Waals surface area contributed by atoms with Gasteiger partial charge in [0.2, 0.25) is 5.91 Å². The highest BCUT2D eigenvalue weighted by molar-refractivity contribution is 8.00. The van der Waals surface area contributed by atoms with E-state index in [0.717, 1.165) is 22.6 Å². The Morgan fingerprint density at radius 3 is 2.26 bits per heavy atom. The molecule has 0 saturated carbocycles. The highest BCUT2D eigenvalue weighted by atomic mass is 32.2. The Balaban J connectivity index is 1.57. The van der Waals surface area contributed by atoms with Crippen molar-refractivity contribution in [1.82, 2.24) is 14.8 Å². The van der Waals surface area contributed by atoms with Gasteiger partial charge in [0.25, 0.3) is 0 Å². The molecule has 4 aromatic rings. The minimum absolute atomic E-state index is 0.0901. The summed E-state index contributed by atoms with van der Waals surface area (Å²) < 4.78 is 1.97. The molecule has 0 radical (unpaired) electrons. The Morgan fingerprint density at radius 2 is 1.58 bits per heavy atom. The molecular formula is C25H24N4OS. The van der Waals surface area contributed by atoms with Crippen LogP contribution in [0.4, 0.5) is 5.69 Å². The maximum atomic E-state index is 13.2. The van der Waals surface area contributed by atoms with E-state index in [4.69, 9.17) is 0 Å². The first-order chi connectivity index (χ1) is 15.1. The van der Waals surface area contributed by atoms with Gasteiger partial charge >= 0.3 is 0 Å². The molecule has 0 aliphatic rings. The fourth-order valence-electron chi connectivity index (χ4n) is 3.23. The molecule has 1 atom stereocenters. The molecule has 156 valence electrons. The average molecular weight is 429 g/mol. The lowest BCUT2D eigenvalue weighted by Gasteiger charge is -2.17. The van der Waals surface area contributed by atoms with Crippen molar-refractivity contribution in [2.45, 2.75) is 23.8 Å². The molecule has 1 amide bonds. The van der Waals surface area contributed by atoms with Crippen LogP contribution < -0.4 is 5.32 Å². The van der Waals surface area contributed by atoms with Crippen molar-refractivity contribution in [2.75, 3.05) is 5.32 Å². The molecule has 0 aliphatic carbocycles. The second-order valence-corrected chi connectivity index (χ2v) is 8.46. The molecule has 0 saturated heterocycles. The number of hydrogen-bond acceptors (Lipinski definition) is 4. The first-order valence-corrected chi connectivity index (χ1v) is 11.0. The number of carbonyl (C=O) groups excluding carboxylic acids is 1. The molecule has 3 aromatic carbocycles. The van der Waals surface area contributed by atoms with Crippen molar-refractivity contribution in [3.8, 4) is 0 Å². The van der Waals surface area contributed by atoms with E-state index < -0.39 is 5.25 Å². The predicted molar refractivity (Wildman–Crippen MR) is 125 cm³/mol. The fraction of sp³-hybridized carbons (Fsp3) is 0.160. The summed E-state index contributed by atoms with van der Waals surface area (Å²) in [6.45, 7) is 2.02. The Morgan fingerprint density at radius 1 is 0.935 bits per heavy atom. The smallest absolute Gasteiger partial charge is 0.242 e. The van der Waals surface area contributed by atoms with Gasteiger partial charge in [-0.3, -0.25) is 4.79 Å². The number of hydrogen-bond donors (Lipinski definition) is 1. The number of benzene rings is 3. The standard InChI is InChI=1S/C25H24N4OS/c1-18-13-15-21(16-14-18)26-24(30)23(20-11-7-4-8-12-20)31-25-28-27-22(29(25)2)17-19-9-5-3-6-10-19/h3-16,23H,17H2,1-2H3,(H,26,30). The molecule has 31 heavy (non-hydrogen) atoms. The SMILES string of the molecule is Cc1ccc(NC(=O)C(Sc2nnc(Cc3ccccc3)n2C)c2ccccc2)cc1. The number of carbonyl (C=O) groups is 1. The number of nitrogens with one attached hydrogen (secondary N) is 1. The molecule has 6 heteroatoms. The fourth-order valence-corrected chi connectivity index (χ4v) is 4.25. The van der Waals surface area contributed by atoms with E-state index in [0.29, 0.717) is 11.6 Å². The van der Waals surface area contributed by atoms with Gasteiger partial charge in [-0.1, -0.05) is 90.1 Å². The second kappa shape index (κ2) is 9.62. The number of nitrogens with zero attached hydrogens (tertiary/aromatic N) is 3. The second-order valence-electron chi connectivity index (χ2n) is 7.38. The van der Waals surface area contributed by atoms with Gasteiger partial charge in [0.05, 0.1) is 0 Å². The maximum Gasteiger partial charge on any atom is 0.242 e. The molecule has 1 N–H and O–H groups in total. The molecular weight excluding hydrogens is 404 g/mol. The Labute approximate surface area is 186 Å². The zero-order valence-electron chi connectivity index (χ0n) is 17.5. The largest absolute Gasteiger partial charge is 0.325 e. The third-order valence-electron chi connectivity index (χ3n) is 5.01. The van der Waals surface area contributed by atoms with E-state index in [1.165, 1.54) is 17.3 Å². The number of thioether (sulfide) groups is 1. The van der Waals surface area contributed by atoms with E-state index in [-0.39, 0.29) is 5.91 Å². The first-order valence-electron chi connectivity index (χ1n) is 10.1. The van der Waals surface area contributed by atoms with Gasteiger partial charge in [0.1, 0.15) is 11.1 Å². The van der Waals surface area contributed by atoms with E-state index in [1.54, 1.807) is 0 Å². The summed E-state index contributed by atoms with van der Waals surface area (Å²) in [5.74, 6) is 0.770. The van der Waals surface area contributed by atoms with E-state index in [2.05, 4.69) is 27.6 Å². The van der Waals surface area contributed by atoms with Crippen LogP contribution in [0.2, 0.25) is 0 Å². The van der Waals surface area contributed by atoms with Crippen molar-refractivity contribution >= 4 is 23.4 Å². The monoisotopic (exact) mass is 428 g/mol. The van der Waals surface area contributed by atoms with Crippen LogP contribution >= 0.6 is 11.8 Å². The quantitative estimate of drug-likeness (QED) is 0.412. The van der Waals surface area contributed by atoms with E-state index in [9.17, 15) is 4.79 Å². The van der Waals surface area contributed by atoms with Crippen LogP contribution in [0.3, 0.4) is 0 Å². The summed E-state index contributed by atoms with van der Waals surface area (Å²) in [6.07, 6.45) is 0.691. The van der Waals surface area contributed by atoms with Crippen LogP contribution in [0.15, 0.2) is 90.1 Å². The number of rotatable bonds is 7. The lowest BCUT2D eigenvalue weighted by Crippen LogP contribution is -2.19. The molecule has 0 bridgehead atoms. The minimum Gasteiger partial charge on any atom is -0.325 e. The van der Waals surface area contributed by atoms with Gasteiger partial charge in [-0.2, -0.15) is 0 Å². The minimum atomic E-state index is -0.449. The third-order valence-corrected chi connectivity index (χ3v) is 6.30. The zero-order valence-corrected chi connectivity index (χ0v) is 18.3. The van der Waals surface area contributed by atoms with Gasteiger partial charge in [0.15, 0.2) is 5.16 Å². The zero-order chi connectivity index (χ0) is 21.6. The Kier molecular flexibility index (Phi) is 6.48. The normalized spacial score (nSPS) is 11.8. The van der Waals surface area contributed by atoms with Crippen LogP contribution in [0, 0.1) is 6.92 Å². The predicted octanol–water partition coefficient (Wildman–Crippen LogP) is 5.19. The van der Waals surface area contributed by atoms with Crippen molar-refractivity contribution in [3.05, 3.63) is 107 Å². The van der Waals surface area contributed by atoms with E-state index >= 15 is 0 Å². The van der Waals surface area contributed by atoms with Crippen LogP contribution in [0.5, 0.6) is 0 Å². The van der Waals surface area contributed by atoms with Gasteiger partial charge in [-0.25, -0.2) is 0 Å². The molecule has 4 rings (SSSR count). The van der Waals surface area contributed by atoms with Crippen molar-refractivity contribution in [3.63, 3.8) is 0 Å². The molecule has 0 aliphatic heterocycles. The van der Waals surface area contributed by atoms with Crippen molar-refractivity contribution < 1.29 is 4.79 Å². The highest BCUT2D eigenvalue weighted by Crippen LogP contribution is 2.35. The van der Waals surface area contributed by atoms with Gasteiger partial charge in [-0.15, -0.1) is 10.2 Å². The lowest BCUT2D eigenvalue weighted by molar-refractivity contribution is -0.115. The summed E-state index contributed by atoms with van der Waals surface area (Å²) in [7, 11) is 1.94. The number of aromatic nitrogens is 3. The van der Waals surface area contributed by atoms with Gasteiger partial charge in [-0.05, 0) is 30.2 Å². The van der Waals surface area contributed by atoms with Crippen LogP contribution in [-0.2, 0) is 18.3 Å². The number of aryl methyl sites for hydroxylation is 1. The van der Waals surface area contributed by atoms with E-state index in [1.807, 2.05) is 91.3 Å². The molecule has 1 unspecified atom stereocenters. The van der Waals surface area contributed by atoms with Crippen molar-refractivity contribution in [1.29, 1.82) is 0 Å². The van der Waals surface area contributed by atoms with Gasteiger partial charge in [0, 0.05) is 19.2 Å². The summed E-state index contributed by atoms with van der Waals surface area (Å²) in [6, 6.07) is 27.7. The summed E-state index contributed by atoms with van der Waals surface area (Å²) in [4.78, 5) is 13.2. The lowest BCUT2D eigenvalue weighted by atomic mass is 10.1. The Hall–Kier alpha value is -3.38. The molecule has 0 fully saturated rings. The number of amides is 1. The third kappa shape index (κ3) is 5.22. The maximum absolute atomic E-state index is 13.2. The molecule has 1 aromatic heterocycles. The average Bonchev–Trinajstić information content (AvgIpc) is 3.14. The molecule has 1 heterocycles. The van der Waals surface area contributed by atoms with Crippen molar-refractivity contribution in [2.24, 2.45) is 7.05 Å². The van der Waals surface area contributed by atoms with Crippen LogP contribution in [-0.4, -0.2) is 20.7 Å².